The minimum Gasteiger partial charge on any atom is -0.355 e. The third kappa shape index (κ3) is 4.30. The molecule has 2 saturated heterocycles. The highest BCUT2D eigenvalue weighted by atomic mass is 32.2. The predicted molar refractivity (Wildman–Crippen MR) is 108 cm³/mol. The van der Waals surface area contributed by atoms with Crippen LogP contribution in [-0.4, -0.2) is 53.1 Å². The molecule has 0 radical (unpaired) electrons. The van der Waals surface area contributed by atoms with Crippen molar-refractivity contribution in [2.75, 3.05) is 20.3 Å². The van der Waals surface area contributed by atoms with E-state index < -0.39 is 58.2 Å². The molecule has 0 spiro atoms. The largest absolute Gasteiger partial charge is 0.355 e. The van der Waals surface area contributed by atoms with Crippen LogP contribution >= 0.6 is 0 Å². The summed E-state index contributed by atoms with van der Waals surface area (Å²) < 4.78 is 37.0. The summed E-state index contributed by atoms with van der Waals surface area (Å²) in [5.74, 6) is -0.748. The van der Waals surface area contributed by atoms with Crippen molar-refractivity contribution >= 4 is 10.8 Å². The van der Waals surface area contributed by atoms with Crippen molar-refractivity contribution in [3.05, 3.63) is 76.3 Å². The summed E-state index contributed by atoms with van der Waals surface area (Å²) in [5.41, 5.74) is 0.819. The van der Waals surface area contributed by atoms with Gasteiger partial charge in [-0.1, -0.05) is 48.5 Å². The molecule has 4 rings (SSSR count). The molecule has 2 aliphatic rings. The van der Waals surface area contributed by atoms with Gasteiger partial charge in [0.1, 0.15) is 12.2 Å². The summed E-state index contributed by atoms with van der Waals surface area (Å²) in [6.07, 6.45) is -2.74. The van der Waals surface area contributed by atoms with Crippen LogP contribution in [0.2, 0.25) is 0 Å². The van der Waals surface area contributed by atoms with E-state index in [1.54, 1.807) is 24.3 Å². The number of ether oxygens (including phenoxy) is 4. The lowest BCUT2D eigenvalue weighted by Gasteiger charge is -2.47. The number of methoxy groups -OCH3 is 1. The lowest BCUT2D eigenvalue weighted by atomic mass is 9.92. The molecule has 2 aromatic rings. The molecule has 30 heavy (non-hydrogen) atoms. The number of hydrogen-bond acceptors (Lipinski definition) is 7. The van der Waals surface area contributed by atoms with Crippen LogP contribution in [0.1, 0.15) is 11.9 Å². The van der Waals surface area contributed by atoms with Crippen LogP contribution in [0.5, 0.6) is 0 Å². The molecule has 8 nitrogen and oxygen atoms in total. The van der Waals surface area contributed by atoms with Gasteiger partial charge in [-0.05, 0) is 12.1 Å². The van der Waals surface area contributed by atoms with Gasteiger partial charge in [0.15, 0.2) is 12.6 Å². The van der Waals surface area contributed by atoms with Crippen molar-refractivity contribution in [3.8, 4) is 0 Å². The number of rotatable bonds is 6. The molecule has 7 atom stereocenters. The van der Waals surface area contributed by atoms with Crippen LogP contribution in [0.3, 0.4) is 0 Å². The maximum Gasteiger partial charge on any atom is 0.212 e. The fourth-order valence-electron chi connectivity index (χ4n) is 3.99. The quantitative estimate of drug-likeness (QED) is 0.510. The van der Waals surface area contributed by atoms with E-state index in [0.29, 0.717) is 4.90 Å². The van der Waals surface area contributed by atoms with Crippen LogP contribution in [0, 0.1) is 16.0 Å². The highest BCUT2D eigenvalue weighted by molar-refractivity contribution is 7.85. The van der Waals surface area contributed by atoms with Crippen LogP contribution in [0.4, 0.5) is 0 Å². The standard InChI is InChI=1S/C21H23NO7S/c1-26-21-16(12-22(23)24)19(30(25)15-10-6-3-7-11-15)18-17(28-21)13-27-20(29-18)14-8-4-2-5-9-14/h2-11,16-21H,12-13H2,1H3/t16-,17+,18+,19+,20+,21-,30+/m0/s1. The van der Waals surface area contributed by atoms with Gasteiger partial charge in [0.05, 0.1) is 28.6 Å². The smallest absolute Gasteiger partial charge is 0.212 e. The highest BCUT2D eigenvalue weighted by Gasteiger charge is 2.54. The lowest BCUT2D eigenvalue weighted by molar-refractivity contribution is -0.498. The van der Waals surface area contributed by atoms with E-state index in [1.807, 2.05) is 36.4 Å². The molecule has 160 valence electrons. The van der Waals surface area contributed by atoms with Gasteiger partial charge in [-0.3, -0.25) is 14.3 Å². The number of nitrogens with zero attached hydrogens (tertiary/aromatic N) is 1. The Hall–Kier alpha value is -2.17. The second-order valence-electron chi connectivity index (χ2n) is 7.21. The highest BCUT2D eigenvalue weighted by Crippen LogP contribution is 2.40. The first-order valence-corrected chi connectivity index (χ1v) is 10.9. The van der Waals surface area contributed by atoms with Crippen molar-refractivity contribution in [2.24, 2.45) is 5.92 Å². The van der Waals surface area contributed by atoms with Crippen LogP contribution < -0.4 is 0 Å². The van der Waals surface area contributed by atoms with E-state index in [1.165, 1.54) is 7.11 Å². The Balaban J connectivity index is 1.70. The molecule has 0 aromatic heterocycles. The third-order valence-corrected chi connectivity index (χ3v) is 7.20. The second kappa shape index (κ2) is 9.32. The normalized spacial score (nSPS) is 32.2. The van der Waals surface area contributed by atoms with Gasteiger partial charge < -0.3 is 18.9 Å². The molecule has 2 fully saturated rings. The lowest BCUT2D eigenvalue weighted by Crippen LogP contribution is -2.62. The molecule has 0 N–H and O–H groups in total. The van der Waals surface area contributed by atoms with Gasteiger partial charge in [-0.2, -0.15) is 0 Å². The van der Waals surface area contributed by atoms with Crippen molar-refractivity contribution in [2.45, 2.75) is 34.9 Å². The molecule has 0 bridgehead atoms. The maximum atomic E-state index is 13.6. The Bertz CT molecular complexity index is 881. The molecule has 0 aliphatic carbocycles. The third-order valence-electron chi connectivity index (χ3n) is 5.35. The fourth-order valence-corrected chi connectivity index (χ4v) is 5.75. The SMILES string of the molecule is CO[C@H]1O[C@@H]2CO[C@@H](c3ccccc3)O[C@H]2[C@H]([S@](=O)c2ccccc2)[C@@H]1C[N+](=O)[O-]. The maximum absolute atomic E-state index is 13.6. The number of nitro groups is 1. The Morgan fingerprint density at radius 3 is 2.40 bits per heavy atom. The first-order valence-electron chi connectivity index (χ1n) is 9.66. The van der Waals surface area contributed by atoms with Gasteiger partial charge in [0, 0.05) is 22.5 Å². The van der Waals surface area contributed by atoms with Gasteiger partial charge in [-0.25, -0.2) is 0 Å². The summed E-state index contributed by atoms with van der Waals surface area (Å²) in [5, 5.41) is 10.7. The Morgan fingerprint density at radius 1 is 1.10 bits per heavy atom. The molecule has 2 aliphatic heterocycles. The minimum absolute atomic E-state index is 0.206. The molecule has 0 unspecified atom stereocenters. The monoisotopic (exact) mass is 433 g/mol. The van der Waals surface area contributed by atoms with E-state index in [2.05, 4.69) is 0 Å². The number of hydrogen-bond donors (Lipinski definition) is 0. The number of fused-ring (bicyclic) bond motifs is 1. The van der Waals surface area contributed by atoms with E-state index in [9.17, 15) is 14.3 Å². The number of benzene rings is 2. The van der Waals surface area contributed by atoms with Crippen molar-refractivity contribution in [1.82, 2.24) is 0 Å². The van der Waals surface area contributed by atoms with Gasteiger partial charge in [0.25, 0.3) is 0 Å². The summed E-state index contributed by atoms with van der Waals surface area (Å²) in [4.78, 5) is 11.6. The Kier molecular flexibility index (Phi) is 6.55. The Morgan fingerprint density at radius 2 is 1.77 bits per heavy atom. The molecular formula is C21H23NO7S. The van der Waals surface area contributed by atoms with Crippen LogP contribution in [0.15, 0.2) is 65.6 Å². The summed E-state index contributed by atoms with van der Waals surface area (Å²) in [7, 11) is -0.145. The van der Waals surface area contributed by atoms with Crippen LogP contribution in [-0.2, 0) is 29.7 Å². The van der Waals surface area contributed by atoms with Crippen molar-refractivity contribution in [3.63, 3.8) is 0 Å². The molecule has 2 aromatic carbocycles. The molecule has 0 amide bonds. The van der Waals surface area contributed by atoms with Gasteiger partial charge >= 0.3 is 0 Å². The van der Waals surface area contributed by atoms with E-state index in [4.69, 9.17) is 18.9 Å². The van der Waals surface area contributed by atoms with Gasteiger partial charge in [0.2, 0.25) is 6.54 Å². The summed E-state index contributed by atoms with van der Waals surface area (Å²) in [6.45, 7) is -0.233. The summed E-state index contributed by atoms with van der Waals surface area (Å²) >= 11 is 0. The molecule has 9 heteroatoms. The van der Waals surface area contributed by atoms with Crippen molar-refractivity contribution in [1.29, 1.82) is 0 Å². The van der Waals surface area contributed by atoms with Gasteiger partial charge in [-0.15, -0.1) is 0 Å². The van der Waals surface area contributed by atoms with E-state index in [-0.39, 0.29) is 6.61 Å². The first-order chi connectivity index (χ1) is 14.6. The molecule has 0 saturated carbocycles. The first kappa shape index (κ1) is 21.1. The zero-order valence-corrected chi connectivity index (χ0v) is 17.2. The van der Waals surface area contributed by atoms with Crippen molar-refractivity contribution < 1.29 is 28.1 Å². The van der Waals surface area contributed by atoms with E-state index >= 15 is 0 Å². The minimum atomic E-state index is -1.57. The molecular weight excluding hydrogens is 410 g/mol. The average Bonchev–Trinajstić information content (AvgIpc) is 2.78. The fraction of sp³-hybridized carbons (Fsp3) is 0.429. The zero-order chi connectivity index (χ0) is 21.1. The topological polar surface area (TPSA) is 97.1 Å². The predicted octanol–water partition coefficient (Wildman–Crippen LogP) is 2.54. The average molecular weight is 433 g/mol. The van der Waals surface area contributed by atoms with Crippen LogP contribution in [0.25, 0.3) is 0 Å². The second-order valence-corrected chi connectivity index (χ2v) is 8.82. The summed E-state index contributed by atoms with van der Waals surface area (Å²) in [6, 6.07) is 18.3. The van der Waals surface area contributed by atoms with E-state index in [0.717, 1.165) is 5.56 Å². The molecule has 2 heterocycles. The Labute approximate surface area is 176 Å². The zero-order valence-electron chi connectivity index (χ0n) is 16.4.